The highest BCUT2D eigenvalue weighted by Gasteiger charge is 2.22. The van der Waals surface area contributed by atoms with Crippen LogP contribution in [0, 0.1) is 20.8 Å². The van der Waals surface area contributed by atoms with E-state index in [1.54, 1.807) is 25.6 Å². The molecule has 1 N–H and O–H groups in total. The third-order valence-electron chi connectivity index (χ3n) is 4.82. The molecule has 1 unspecified atom stereocenters. The maximum absolute atomic E-state index is 12.9. The largest absolute Gasteiger partial charge is 0.481 e. The number of ether oxygens (including phenoxy) is 1. The summed E-state index contributed by atoms with van der Waals surface area (Å²) in [6.07, 6.45) is -0.746. The van der Waals surface area contributed by atoms with Crippen molar-refractivity contribution >= 4 is 11.6 Å². The Bertz CT molecular complexity index is 1060. The molecule has 0 saturated carbocycles. The van der Waals surface area contributed by atoms with Crippen LogP contribution >= 0.6 is 0 Å². The van der Waals surface area contributed by atoms with Crippen LogP contribution in [0.4, 0.5) is 5.69 Å². The number of carbonyl (C=O) groups excluding carboxylic acids is 1. The average Bonchev–Trinajstić information content (AvgIpc) is 2.88. The average molecular weight is 379 g/mol. The first-order chi connectivity index (χ1) is 13.3. The van der Waals surface area contributed by atoms with Crippen LogP contribution in [0.5, 0.6) is 5.75 Å². The van der Waals surface area contributed by atoms with Gasteiger partial charge in [-0.25, -0.2) is 4.68 Å². The van der Waals surface area contributed by atoms with E-state index in [9.17, 15) is 9.59 Å². The fraction of sp³-hybridized carbons (Fsp3) is 0.273. The molecule has 0 aliphatic rings. The molecule has 0 aliphatic heterocycles. The molecule has 146 valence electrons. The minimum atomic E-state index is -0.746. The van der Waals surface area contributed by atoms with Crippen molar-refractivity contribution in [3.8, 4) is 11.4 Å². The van der Waals surface area contributed by atoms with Gasteiger partial charge in [-0.05, 0) is 57.0 Å². The third-order valence-corrected chi connectivity index (χ3v) is 4.82. The zero-order valence-electron chi connectivity index (χ0n) is 16.8. The standard InChI is InChI=1S/C22H25N3O3/c1-14-11-12-15(2)19(13-14)28-17(4)21(26)23-20-16(3)24(5)25(22(20)27)18-9-7-6-8-10-18/h6-13,17H,1-5H3,(H,23,26). The minimum Gasteiger partial charge on any atom is -0.481 e. The van der Waals surface area contributed by atoms with Crippen molar-refractivity contribution in [2.24, 2.45) is 7.05 Å². The second kappa shape index (κ2) is 7.76. The quantitative estimate of drug-likeness (QED) is 0.738. The van der Waals surface area contributed by atoms with E-state index < -0.39 is 6.10 Å². The van der Waals surface area contributed by atoms with Gasteiger partial charge < -0.3 is 10.1 Å². The van der Waals surface area contributed by atoms with Gasteiger partial charge in [-0.1, -0.05) is 30.3 Å². The number of amides is 1. The van der Waals surface area contributed by atoms with Crippen LogP contribution in [0.3, 0.4) is 0 Å². The summed E-state index contributed by atoms with van der Waals surface area (Å²) in [5.41, 5.74) is 3.39. The Hall–Kier alpha value is -3.28. The lowest BCUT2D eigenvalue weighted by Crippen LogP contribution is -2.32. The van der Waals surface area contributed by atoms with E-state index in [0.717, 1.165) is 16.8 Å². The SMILES string of the molecule is Cc1ccc(C)c(OC(C)C(=O)Nc2c(C)n(C)n(-c3ccccc3)c2=O)c1. The zero-order chi connectivity index (χ0) is 20.4. The van der Waals surface area contributed by atoms with E-state index in [-0.39, 0.29) is 17.2 Å². The summed E-state index contributed by atoms with van der Waals surface area (Å²) in [6.45, 7) is 7.37. The van der Waals surface area contributed by atoms with Gasteiger partial charge in [0.1, 0.15) is 11.4 Å². The third kappa shape index (κ3) is 3.71. The molecule has 6 nitrogen and oxygen atoms in total. The molecular formula is C22H25N3O3. The molecule has 3 rings (SSSR count). The molecule has 0 radical (unpaired) electrons. The molecule has 0 fully saturated rings. The molecule has 0 aliphatic carbocycles. The number of nitrogens with zero attached hydrogens (tertiary/aromatic N) is 2. The van der Waals surface area contributed by atoms with Crippen molar-refractivity contribution in [1.82, 2.24) is 9.36 Å². The normalized spacial score (nSPS) is 11.9. The molecule has 2 aromatic carbocycles. The molecule has 1 heterocycles. The molecule has 6 heteroatoms. The lowest BCUT2D eigenvalue weighted by atomic mass is 10.1. The fourth-order valence-electron chi connectivity index (χ4n) is 3.02. The predicted octanol–water partition coefficient (Wildman–Crippen LogP) is 3.51. The molecule has 28 heavy (non-hydrogen) atoms. The van der Waals surface area contributed by atoms with Crippen molar-refractivity contribution in [2.45, 2.75) is 33.8 Å². The summed E-state index contributed by atoms with van der Waals surface area (Å²) in [5.74, 6) is 0.293. The van der Waals surface area contributed by atoms with Gasteiger partial charge >= 0.3 is 0 Å². The predicted molar refractivity (Wildman–Crippen MR) is 110 cm³/mol. The van der Waals surface area contributed by atoms with E-state index in [4.69, 9.17) is 4.74 Å². The summed E-state index contributed by atoms with van der Waals surface area (Å²) in [4.78, 5) is 25.6. The van der Waals surface area contributed by atoms with Crippen molar-refractivity contribution in [2.75, 3.05) is 5.32 Å². The van der Waals surface area contributed by atoms with E-state index in [1.807, 2.05) is 62.4 Å². The Balaban J connectivity index is 1.84. The molecule has 1 aromatic heterocycles. The lowest BCUT2D eigenvalue weighted by Gasteiger charge is -2.16. The highest BCUT2D eigenvalue weighted by atomic mass is 16.5. The van der Waals surface area contributed by atoms with E-state index in [0.29, 0.717) is 11.4 Å². The summed E-state index contributed by atoms with van der Waals surface area (Å²) >= 11 is 0. The molecule has 0 spiro atoms. The van der Waals surface area contributed by atoms with Gasteiger partial charge in [0, 0.05) is 7.05 Å². The van der Waals surface area contributed by atoms with E-state index >= 15 is 0 Å². The number of aryl methyl sites for hydroxylation is 2. The Morgan fingerprint density at radius 1 is 1.07 bits per heavy atom. The van der Waals surface area contributed by atoms with Crippen LogP contribution in [0.1, 0.15) is 23.7 Å². The second-order valence-electron chi connectivity index (χ2n) is 6.95. The van der Waals surface area contributed by atoms with Crippen LogP contribution in [0.25, 0.3) is 5.69 Å². The maximum atomic E-state index is 12.9. The first-order valence-electron chi connectivity index (χ1n) is 9.18. The Kier molecular flexibility index (Phi) is 5.40. The van der Waals surface area contributed by atoms with Gasteiger partial charge in [0.2, 0.25) is 0 Å². The first-order valence-corrected chi connectivity index (χ1v) is 9.18. The molecule has 3 aromatic rings. The maximum Gasteiger partial charge on any atom is 0.295 e. The van der Waals surface area contributed by atoms with E-state index in [2.05, 4.69) is 5.32 Å². The lowest BCUT2D eigenvalue weighted by molar-refractivity contribution is -0.122. The first kappa shape index (κ1) is 19.5. The minimum absolute atomic E-state index is 0.257. The number of anilines is 1. The van der Waals surface area contributed by atoms with Crippen molar-refractivity contribution < 1.29 is 9.53 Å². The molecule has 0 bridgehead atoms. The number of benzene rings is 2. The van der Waals surface area contributed by atoms with Gasteiger partial charge in [-0.2, -0.15) is 0 Å². The molecule has 0 saturated heterocycles. The number of aromatic nitrogens is 2. The monoisotopic (exact) mass is 379 g/mol. The smallest absolute Gasteiger partial charge is 0.295 e. The van der Waals surface area contributed by atoms with Gasteiger partial charge in [0.15, 0.2) is 6.10 Å². The summed E-state index contributed by atoms with van der Waals surface area (Å²) in [7, 11) is 1.79. The van der Waals surface area contributed by atoms with Gasteiger partial charge in [0.25, 0.3) is 11.5 Å². The Morgan fingerprint density at radius 2 is 1.75 bits per heavy atom. The van der Waals surface area contributed by atoms with Crippen LogP contribution in [0.15, 0.2) is 53.3 Å². The fourth-order valence-corrected chi connectivity index (χ4v) is 3.02. The Labute approximate surface area is 164 Å². The highest BCUT2D eigenvalue weighted by Crippen LogP contribution is 2.21. The molecular weight excluding hydrogens is 354 g/mol. The van der Waals surface area contributed by atoms with Gasteiger partial charge in [0.05, 0.1) is 11.4 Å². The number of hydrogen-bond donors (Lipinski definition) is 1. The van der Waals surface area contributed by atoms with Crippen molar-refractivity contribution in [3.63, 3.8) is 0 Å². The van der Waals surface area contributed by atoms with Gasteiger partial charge in [-0.3, -0.25) is 14.3 Å². The number of para-hydroxylation sites is 1. The molecule has 1 atom stereocenters. The second-order valence-corrected chi connectivity index (χ2v) is 6.95. The van der Waals surface area contributed by atoms with E-state index in [1.165, 1.54) is 4.68 Å². The van der Waals surface area contributed by atoms with Crippen LogP contribution in [-0.4, -0.2) is 21.4 Å². The number of nitrogens with one attached hydrogen (secondary N) is 1. The summed E-state index contributed by atoms with van der Waals surface area (Å²) in [5, 5.41) is 2.75. The van der Waals surface area contributed by atoms with Crippen LogP contribution in [0.2, 0.25) is 0 Å². The number of rotatable bonds is 5. The topological polar surface area (TPSA) is 65.3 Å². The van der Waals surface area contributed by atoms with Crippen molar-refractivity contribution in [1.29, 1.82) is 0 Å². The Morgan fingerprint density at radius 3 is 2.43 bits per heavy atom. The van der Waals surface area contributed by atoms with Crippen LogP contribution in [-0.2, 0) is 11.8 Å². The number of carbonyl (C=O) groups is 1. The summed E-state index contributed by atoms with van der Waals surface area (Å²) < 4.78 is 9.09. The number of hydrogen-bond acceptors (Lipinski definition) is 3. The highest BCUT2D eigenvalue weighted by molar-refractivity contribution is 5.94. The van der Waals surface area contributed by atoms with Crippen molar-refractivity contribution in [3.05, 3.63) is 75.7 Å². The molecule has 1 amide bonds. The summed E-state index contributed by atoms with van der Waals surface area (Å²) in [6, 6.07) is 15.2. The zero-order valence-corrected chi connectivity index (χ0v) is 16.8. The van der Waals surface area contributed by atoms with Crippen LogP contribution < -0.4 is 15.6 Å². The van der Waals surface area contributed by atoms with Gasteiger partial charge in [-0.15, -0.1) is 0 Å².